The van der Waals surface area contributed by atoms with E-state index < -0.39 is 0 Å². The van der Waals surface area contributed by atoms with Gasteiger partial charge in [0.2, 0.25) is 0 Å². The number of fused-ring (bicyclic) bond motifs is 1. The normalized spacial score (nSPS) is 10.8. The highest BCUT2D eigenvalue weighted by molar-refractivity contribution is 6.29. The molecule has 0 aliphatic heterocycles. The van der Waals surface area contributed by atoms with Gasteiger partial charge in [0.25, 0.3) is 0 Å². The number of hydrogen-bond acceptors (Lipinski definition) is 3. The molecule has 0 fully saturated rings. The Bertz CT molecular complexity index is 633. The maximum absolute atomic E-state index is 5.86. The Morgan fingerprint density at radius 1 is 1.12 bits per heavy atom. The van der Waals surface area contributed by atoms with Gasteiger partial charge >= 0.3 is 0 Å². The fourth-order valence-electron chi connectivity index (χ4n) is 1.56. The third kappa shape index (κ3) is 1.44. The summed E-state index contributed by atoms with van der Waals surface area (Å²) in [5.41, 5.74) is 2.53. The van der Waals surface area contributed by atoms with Crippen molar-refractivity contribution in [3.05, 3.63) is 47.7 Å². The third-order valence-electron chi connectivity index (χ3n) is 2.30. The Kier molecular flexibility index (Phi) is 2.08. The second kappa shape index (κ2) is 3.57. The summed E-state index contributed by atoms with van der Waals surface area (Å²) < 4.78 is 1.74. The highest BCUT2D eigenvalue weighted by Crippen LogP contribution is 2.17. The zero-order valence-electron chi connectivity index (χ0n) is 8.21. The van der Waals surface area contributed by atoms with Crippen molar-refractivity contribution in [3.8, 4) is 5.69 Å². The lowest BCUT2D eigenvalue weighted by atomic mass is 10.3. The number of benzene rings is 1. The average molecular weight is 231 g/mol. The Balaban J connectivity index is 2.29. The molecule has 0 atom stereocenters. The molecule has 3 aromatic rings. The topological polar surface area (TPSA) is 43.6 Å². The van der Waals surface area contributed by atoms with Crippen LogP contribution in [0, 0.1) is 0 Å². The molecule has 0 amide bonds. The first-order chi connectivity index (χ1) is 7.84. The van der Waals surface area contributed by atoms with Crippen LogP contribution in [0.5, 0.6) is 0 Å². The van der Waals surface area contributed by atoms with Gasteiger partial charge in [-0.1, -0.05) is 35.0 Å². The van der Waals surface area contributed by atoms with E-state index in [4.69, 9.17) is 11.6 Å². The molecule has 0 unspecified atom stereocenters. The summed E-state index contributed by atoms with van der Waals surface area (Å²) in [6.45, 7) is 0. The van der Waals surface area contributed by atoms with Gasteiger partial charge in [-0.3, -0.25) is 0 Å². The van der Waals surface area contributed by atoms with Crippen LogP contribution < -0.4 is 0 Å². The SMILES string of the molecule is Clc1cc2c(cn1)nnn2-c1ccccc1. The van der Waals surface area contributed by atoms with Crippen LogP contribution in [-0.2, 0) is 0 Å². The van der Waals surface area contributed by atoms with E-state index in [1.165, 1.54) is 0 Å². The van der Waals surface area contributed by atoms with Gasteiger partial charge < -0.3 is 0 Å². The predicted molar refractivity (Wildman–Crippen MR) is 61.7 cm³/mol. The summed E-state index contributed by atoms with van der Waals surface area (Å²) in [7, 11) is 0. The molecule has 5 heteroatoms. The van der Waals surface area contributed by atoms with Crippen molar-refractivity contribution in [2.24, 2.45) is 0 Å². The van der Waals surface area contributed by atoms with Crippen molar-refractivity contribution < 1.29 is 0 Å². The molecule has 0 aliphatic rings. The molecule has 78 valence electrons. The van der Waals surface area contributed by atoms with Crippen LogP contribution in [-0.4, -0.2) is 20.0 Å². The third-order valence-corrected chi connectivity index (χ3v) is 2.51. The second-order valence-electron chi connectivity index (χ2n) is 3.33. The molecule has 1 aromatic carbocycles. The van der Waals surface area contributed by atoms with Crippen LogP contribution in [0.3, 0.4) is 0 Å². The zero-order chi connectivity index (χ0) is 11.0. The van der Waals surface area contributed by atoms with Crippen LogP contribution in [0.4, 0.5) is 0 Å². The fourth-order valence-corrected chi connectivity index (χ4v) is 1.71. The molecule has 2 heterocycles. The molecular weight excluding hydrogens is 224 g/mol. The lowest BCUT2D eigenvalue weighted by Crippen LogP contribution is -1.95. The van der Waals surface area contributed by atoms with Crippen molar-refractivity contribution in [1.82, 2.24) is 20.0 Å². The number of pyridine rings is 1. The molecule has 0 aliphatic carbocycles. The number of para-hydroxylation sites is 1. The second-order valence-corrected chi connectivity index (χ2v) is 3.72. The van der Waals surface area contributed by atoms with Crippen LogP contribution >= 0.6 is 11.6 Å². The average Bonchev–Trinajstić information content (AvgIpc) is 2.73. The lowest BCUT2D eigenvalue weighted by Gasteiger charge is -2.00. The summed E-state index contributed by atoms with van der Waals surface area (Å²) in [6.07, 6.45) is 1.62. The quantitative estimate of drug-likeness (QED) is 0.603. The molecule has 0 radical (unpaired) electrons. The van der Waals surface area contributed by atoms with E-state index >= 15 is 0 Å². The van der Waals surface area contributed by atoms with Crippen molar-refractivity contribution in [2.75, 3.05) is 0 Å². The molecule has 2 aromatic heterocycles. The van der Waals surface area contributed by atoms with Gasteiger partial charge in [0, 0.05) is 6.07 Å². The standard InChI is InChI=1S/C11H7ClN4/c12-11-6-10-9(7-13-11)14-15-16(10)8-4-2-1-3-5-8/h1-7H. The molecule has 3 rings (SSSR count). The summed E-state index contributed by atoms with van der Waals surface area (Å²) in [4.78, 5) is 3.96. The Morgan fingerprint density at radius 3 is 2.75 bits per heavy atom. The molecule has 0 N–H and O–H groups in total. The van der Waals surface area contributed by atoms with Crippen molar-refractivity contribution >= 4 is 22.6 Å². The van der Waals surface area contributed by atoms with Crippen molar-refractivity contribution in [1.29, 1.82) is 0 Å². The van der Waals surface area contributed by atoms with Crippen LogP contribution in [0.25, 0.3) is 16.7 Å². The Hall–Kier alpha value is -1.94. The number of nitrogens with zero attached hydrogens (tertiary/aromatic N) is 4. The largest absolute Gasteiger partial charge is 0.242 e. The van der Waals surface area contributed by atoms with E-state index in [0.29, 0.717) is 5.15 Å². The molecule has 0 spiro atoms. The van der Waals surface area contributed by atoms with Crippen LogP contribution in [0.15, 0.2) is 42.6 Å². The molecule has 0 bridgehead atoms. The minimum Gasteiger partial charge on any atom is -0.242 e. The van der Waals surface area contributed by atoms with Gasteiger partial charge in [0.05, 0.1) is 17.4 Å². The molecular formula is C11H7ClN4. The smallest absolute Gasteiger partial charge is 0.132 e. The van der Waals surface area contributed by atoms with Crippen LogP contribution in [0.1, 0.15) is 0 Å². The van der Waals surface area contributed by atoms with E-state index in [-0.39, 0.29) is 0 Å². The Morgan fingerprint density at radius 2 is 1.94 bits per heavy atom. The first-order valence-corrected chi connectivity index (χ1v) is 5.15. The minimum atomic E-state index is 0.437. The number of halogens is 1. The van der Waals surface area contributed by atoms with E-state index in [9.17, 15) is 0 Å². The first-order valence-electron chi connectivity index (χ1n) is 4.77. The minimum absolute atomic E-state index is 0.437. The van der Waals surface area contributed by atoms with E-state index in [1.807, 2.05) is 30.3 Å². The molecule has 16 heavy (non-hydrogen) atoms. The van der Waals surface area contributed by atoms with Gasteiger partial charge in [-0.15, -0.1) is 5.10 Å². The van der Waals surface area contributed by atoms with Crippen LogP contribution in [0.2, 0.25) is 5.15 Å². The highest BCUT2D eigenvalue weighted by atomic mass is 35.5. The van der Waals surface area contributed by atoms with Gasteiger partial charge in [-0.25, -0.2) is 9.67 Å². The van der Waals surface area contributed by atoms with E-state index in [1.54, 1.807) is 16.9 Å². The monoisotopic (exact) mass is 230 g/mol. The number of rotatable bonds is 1. The predicted octanol–water partition coefficient (Wildman–Crippen LogP) is 2.47. The first kappa shape index (κ1) is 9.30. The molecule has 0 saturated carbocycles. The van der Waals surface area contributed by atoms with Crippen molar-refractivity contribution in [3.63, 3.8) is 0 Å². The molecule has 4 nitrogen and oxygen atoms in total. The van der Waals surface area contributed by atoms with Gasteiger partial charge in [-0.2, -0.15) is 0 Å². The van der Waals surface area contributed by atoms with Crippen molar-refractivity contribution in [2.45, 2.75) is 0 Å². The number of hydrogen-bond donors (Lipinski definition) is 0. The molecule has 0 saturated heterocycles. The summed E-state index contributed by atoms with van der Waals surface area (Å²) in [6, 6.07) is 11.5. The van der Waals surface area contributed by atoms with E-state index in [0.717, 1.165) is 16.7 Å². The maximum Gasteiger partial charge on any atom is 0.132 e. The lowest BCUT2D eigenvalue weighted by molar-refractivity contribution is 0.824. The zero-order valence-corrected chi connectivity index (χ0v) is 8.96. The van der Waals surface area contributed by atoms with Gasteiger partial charge in [0.15, 0.2) is 0 Å². The maximum atomic E-state index is 5.86. The summed E-state index contributed by atoms with van der Waals surface area (Å²) in [5, 5.41) is 8.54. The van der Waals surface area contributed by atoms with Gasteiger partial charge in [0.1, 0.15) is 10.7 Å². The van der Waals surface area contributed by atoms with Gasteiger partial charge in [-0.05, 0) is 12.1 Å². The van der Waals surface area contributed by atoms with E-state index in [2.05, 4.69) is 15.3 Å². The summed E-state index contributed by atoms with van der Waals surface area (Å²) in [5.74, 6) is 0. The number of aromatic nitrogens is 4. The highest BCUT2D eigenvalue weighted by Gasteiger charge is 2.06. The Labute approximate surface area is 96.5 Å². The summed E-state index contributed by atoms with van der Waals surface area (Å²) >= 11 is 5.86. The fraction of sp³-hybridized carbons (Fsp3) is 0.